The number of ether oxygens (including phenoxy) is 1. The second-order valence-corrected chi connectivity index (χ2v) is 3.97. The van der Waals surface area contributed by atoms with Gasteiger partial charge in [-0.2, -0.15) is 0 Å². The minimum Gasteiger partial charge on any atom is -0.504 e. The lowest BCUT2D eigenvalue weighted by molar-refractivity contribution is 0.226. The first-order chi connectivity index (χ1) is 7.58. The van der Waals surface area contributed by atoms with Gasteiger partial charge in [-0.15, -0.1) is 0 Å². The summed E-state index contributed by atoms with van der Waals surface area (Å²) in [6.45, 7) is 4.08. The third-order valence-electron chi connectivity index (χ3n) is 2.18. The van der Waals surface area contributed by atoms with E-state index in [2.05, 4.69) is 0 Å². The molecule has 0 spiro atoms. The van der Waals surface area contributed by atoms with Crippen molar-refractivity contribution in [3.8, 4) is 11.5 Å². The molecule has 90 valence electrons. The van der Waals surface area contributed by atoms with Crippen molar-refractivity contribution < 1.29 is 14.9 Å². The van der Waals surface area contributed by atoms with E-state index >= 15 is 0 Å². The molecule has 0 fully saturated rings. The molecule has 0 radical (unpaired) electrons. The van der Waals surface area contributed by atoms with Crippen LogP contribution in [-0.4, -0.2) is 22.9 Å². The number of aliphatic hydroxyl groups excluding tert-OH is 1. The maximum atomic E-state index is 9.81. The first-order valence-corrected chi connectivity index (χ1v) is 5.40. The van der Waals surface area contributed by atoms with Crippen molar-refractivity contribution >= 4 is 0 Å². The fraction of sp³-hybridized carbons (Fsp3) is 0.500. The van der Waals surface area contributed by atoms with E-state index in [1.165, 1.54) is 0 Å². The predicted octanol–water partition coefficient (Wildman–Crippen LogP) is 1.17. The monoisotopic (exact) mass is 225 g/mol. The topological polar surface area (TPSA) is 75.7 Å². The standard InChI is InChI=1S/C12H19NO3/c1-8(2)16-11-6-9(3-4-13)5-10(7-14)12(11)15/h5-6,8,14-15H,3-4,7,13H2,1-2H3. The van der Waals surface area contributed by atoms with Crippen LogP contribution >= 0.6 is 0 Å². The van der Waals surface area contributed by atoms with E-state index < -0.39 is 0 Å². The zero-order valence-electron chi connectivity index (χ0n) is 9.73. The number of phenols is 1. The maximum Gasteiger partial charge on any atom is 0.163 e. The van der Waals surface area contributed by atoms with Crippen LogP contribution < -0.4 is 10.5 Å². The zero-order chi connectivity index (χ0) is 12.1. The van der Waals surface area contributed by atoms with Crippen LogP contribution in [0.1, 0.15) is 25.0 Å². The van der Waals surface area contributed by atoms with E-state index in [0.717, 1.165) is 5.56 Å². The lowest BCUT2D eigenvalue weighted by Gasteiger charge is -2.15. The van der Waals surface area contributed by atoms with Crippen LogP contribution in [0.3, 0.4) is 0 Å². The molecule has 0 amide bonds. The molecule has 0 heterocycles. The van der Waals surface area contributed by atoms with Gasteiger partial charge in [0.25, 0.3) is 0 Å². The molecule has 4 nitrogen and oxygen atoms in total. The molecular formula is C12H19NO3. The van der Waals surface area contributed by atoms with Gasteiger partial charge in [0, 0.05) is 5.56 Å². The molecule has 1 aromatic rings. The SMILES string of the molecule is CC(C)Oc1cc(CCN)cc(CO)c1O. The average molecular weight is 225 g/mol. The van der Waals surface area contributed by atoms with E-state index in [0.29, 0.717) is 24.3 Å². The summed E-state index contributed by atoms with van der Waals surface area (Å²) in [7, 11) is 0. The lowest BCUT2D eigenvalue weighted by Crippen LogP contribution is -2.08. The van der Waals surface area contributed by atoms with Gasteiger partial charge < -0.3 is 20.7 Å². The summed E-state index contributed by atoms with van der Waals surface area (Å²) in [5.74, 6) is 0.418. The normalized spacial score (nSPS) is 10.8. The van der Waals surface area contributed by atoms with Crippen LogP contribution in [0.4, 0.5) is 0 Å². The van der Waals surface area contributed by atoms with E-state index in [-0.39, 0.29) is 18.5 Å². The Morgan fingerprint density at radius 2 is 2.06 bits per heavy atom. The molecule has 0 unspecified atom stereocenters. The van der Waals surface area contributed by atoms with Gasteiger partial charge in [-0.05, 0) is 44.5 Å². The molecule has 1 aromatic carbocycles. The van der Waals surface area contributed by atoms with Crippen molar-refractivity contribution in [1.82, 2.24) is 0 Å². The Labute approximate surface area is 95.7 Å². The highest BCUT2D eigenvalue weighted by molar-refractivity contribution is 5.48. The highest BCUT2D eigenvalue weighted by atomic mass is 16.5. The smallest absolute Gasteiger partial charge is 0.163 e. The molecule has 0 aliphatic heterocycles. The van der Waals surface area contributed by atoms with Gasteiger partial charge in [0.2, 0.25) is 0 Å². The van der Waals surface area contributed by atoms with Gasteiger partial charge in [-0.3, -0.25) is 0 Å². The van der Waals surface area contributed by atoms with Gasteiger partial charge in [-0.1, -0.05) is 0 Å². The molecule has 0 aromatic heterocycles. The van der Waals surface area contributed by atoms with Crippen molar-refractivity contribution in [3.63, 3.8) is 0 Å². The summed E-state index contributed by atoms with van der Waals surface area (Å²) in [5.41, 5.74) is 6.91. The van der Waals surface area contributed by atoms with Gasteiger partial charge in [0.05, 0.1) is 12.7 Å². The second kappa shape index (κ2) is 5.72. The molecule has 0 aliphatic rings. The Morgan fingerprint density at radius 1 is 1.38 bits per heavy atom. The first kappa shape index (κ1) is 12.8. The molecule has 0 saturated heterocycles. The van der Waals surface area contributed by atoms with Crippen molar-refractivity contribution in [2.75, 3.05) is 6.54 Å². The molecule has 0 bridgehead atoms. The minimum absolute atomic E-state index is 0.0111. The number of hydrogen-bond donors (Lipinski definition) is 3. The van der Waals surface area contributed by atoms with E-state index in [1.807, 2.05) is 13.8 Å². The van der Waals surface area contributed by atoms with Crippen molar-refractivity contribution in [3.05, 3.63) is 23.3 Å². The van der Waals surface area contributed by atoms with Crippen LogP contribution in [0.25, 0.3) is 0 Å². The van der Waals surface area contributed by atoms with Crippen LogP contribution in [0.15, 0.2) is 12.1 Å². The van der Waals surface area contributed by atoms with Crippen molar-refractivity contribution in [2.45, 2.75) is 33.0 Å². The molecule has 4 N–H and O–H groups in total. The third kappa shape index (κ3) is 3.12. The number of rotatable bonds is 5. The van der Waals surface area contributed by atoms with Crippen LogP contribution in [0, 0.1) is 0 Å². The number of hydrogen-bond acceptors (Lipinski definition) is 4. The summed E-state index contributed by atoms with van der Waals surface area (Å²) < 4.78 is 5.47. The highest BCUT2D eigenvalue weighted by Crippen LogP contribution is 2.32. The number of aliphatic hydroxyl groups is 1. The Bertz CT molecular complexity index is 350. The molecule has 0 atom stereocenters. The maximum absolute atomic E-state index is 9.81. The number of aromatic hydroxyl groups is 1. The quantitative estimate of drug-likeness (QED) is 0.703. The van der Waals surface area contributed by atoms with E-state index in [9.17, 15) is 5.11 Å². The molecule has 1 rings (SSSR count). The Balaban J connectivity index is 3.08. The van der Waals surface area contributed by atoms with Gasteiger partial charge in [-0.25, -0.2) is 0 Å². The van der Waals surface area contributed by atoms with Gasteiger partial charge >= 0.3 is 0 Å². The van der Waals surface area contributed by atoms with Crippen molar-refractivity contribution in [2.24, 2.45) is 5.73 Å². The fourth-order valence-corrected chi connectivity index (χ4v) is 1.50. The molecular weight excluding hydrogens is 206 g/mol. The Kier molecular flexibility index (Phi) is 4.58. The predicted molar refractivity (Wildman–Crippen MR) is 62.6 cm³/mol. The van der Waals surface area contributed by atoms with E-state index in [1.54, 1.807) is 12.1 Å². The third-order valence-corrected chi connectivity index (χ3v) is 2.18. The summed E-state index contributed by atoms with van der Waals surface area (Å²) in [6, 6.07) is 3.51. The van der Waals surface area contributed by atoms with E-state index in [4.69, 9.17) is 15.6 Å². The summed E-state index contributed by atoms with van der Waals surface area (Å²) in [6.07, 6.45) is 0.674. The summed E-state index contributed by atoms with van der Waals surface area (Å²) in [5, 5.41) is 18.9. The van der Waals surface area contributed by atoms with Gasteiger partial charge in [0.1, 0.15) is 0 Å². The summed E-state index contributed by atoms with van der Waals surface area (Å²) in [4.78, 5) is 0. The van der Waals surface area contributed by atoms with Crippen LogP contribution in [-0.2, 0) is 13.0 Å². The van der Waals surface area contributed by atoms with Crippen LogP contribution in [0.2, 0.25) is 0 Å². The Hall–Kier alpha value is -1.26. The molecule has 4 heteroatoms. The number of nitrogens with two attached hydrogens (primary N) is 1. The molecule has 16 heavy (non-hydrogen) atoms. The van der Waals surface area contributed by atoms with Gasteiger partial charge in [0.15, 0.2) is 11.5 Å². The van der Waals surface area contributed by atoms with Crippen molar-refractivity contribution in [1.29, 1.82) is 0 Å². The average Bonchev–Trinajstić information content (AvgIpc) is 2.22. The number of benzene rings is 1. The zero-order valence-corrected chi connectivity index (χ0v) is 9.73. The second-order valence-electron chi connectivity index (χ2n) is 3.97. The fourth-order valence-electron chi connectivity index (χ4n) is 1.50. The minimum atomic E-state index is -0.210. The molecule has 0 aliphatic carbocycles. The lowest BCUT2D eigenvalue weighted by atomic mass is 10.1. The Morgan fingerprint density at radius 3 is 2.56 bits per heavy atom. The first-order valence-electron chi connectivity index (χ1n) is 5.40. The highest BCUT2D eigenvalue weighted by Gasteiger charge is 2.11. The summed E-state index contributed by atoms with van der Waals surface area (Å²) >= 11 is 0. The largest absolute Gasteiger partial charge is 0.504 e. The molecule has 0 saturated carbocycles. The van der Waals surface area contributed by atoms with Crippen LogP contribution in [0.5, 0.6) is 11.5 Å².